The summed E-state index contributed by atoms with van der Waals surface area (Å²) in [6, 6.07) is 6.07. The first-order valence-electron chi connectivity index (χ1n) is 11.1. The third-order valence-electron chi connectivity index (χ3n) is 6.93. The van der Waals surface area contributed by atoms with Gasteiger partial charge in [-0.2, -0.15) is 0 Å². The molecule has 2 heterocycles. The van der Waals surface area contributed by atoms with Crippen LogP contribution < -0.4 is 5.32 Å². The Morgan fingerprint density at radius 3 is 2.79 bits per heavy atom. The van der Waals surface area contributed by atoms with Gasteiger partial charge in [0.25, 0.3) is 0 Å². The van der Waals surface area contributed by atoms with Gasteiger partial charge in [-0.3, -0.25) is 14.5 Å². The SMILES string of the molecule is CN(C(=O)Cc1ccc2c(c1)NC(=O)C2)C(CN1CC[C@H](O)C1)C1CCCCC1. The van der Waals surface area contributed by atoms with E-state index in [0.717, 1.165) is 42.9 Å². The average molecular weight is 400 g/mol. The largest absolute Gasteiger partial charge is 0.392 e. The summed E-state index contributed by atoms with van der Waals surface area (Å²) in [5.41, 5.74) is 2.80. The highest BCUT2D eigenvalue weighted by atomic mass is 16.3. The molecule has 0 aromatic heterocycles. The summed E-state index contributed by atoms with van der Waals surface area (Å²) in [5.74, 6) is 0.685. The van der Waals surface area contributed by atoms with Crippen molar-refractivity contribution in [1.82, 2.24) is 9.80 Å². The summed E-state index contributed by atoms with van der Waals surface area (Å²) >= 11 is 0. The van der Waals surface area contributed by atoms with Crippen LogP contribution in [0.4, 0.5) is 5.69 Å². The first-order valence-corrected chi connectivity index (χ1v) is 11.1. The number of hydrogen-bond donors (Lipinski definition) is 2. The number of aliphatic hydroxyl groups is 1. The number of β-amino-alcohol motifs (C(OH)–C–C–N with tert-alkyl or cyclic N) is 1. The third kappa shape index (κ3) is 4.81. The first-order chi connectivity index (χ1) is 14.0. The summed E-state index contributed by atoms with van der Waals surface area (Å²) in [4.78, 5) is 29.0. The third-order valence-corrected chi connectivity index (χ3v) is 6.93. The zero-order valence-electron chi connectivity index (χ0n) is 17.4. The minimum atomic E-state index is -0.232. The summed E-state index contributed by atoms with van der Waals surface area (Å²) in [6.45, 7) is 2.48. The second-order valence-corrected chi connectivity index (χ2v) is 9.07. The Balaban J connectivity index is 1.44. The molecule has 1 aromatic carbocycles. The molecule has 6 heteroatoms. The lowest BCUT2D eigenvalue weighted by Gasteiger charge is -2.39. The fourth-order valence-electron chi connectivity index (χ4n) is 5.21. The van der Waals surface area contributed by atoms with Crippen LogP contribution in [0.5, 0.6) is 0 Å². The van der Waals surface area contributed by atoms with Gasteiger partial charge in [0.15, 0.2) is 0 Å². The molecule has 2 amide bonds. The fourth-order valence-corrected chi connectivity index (χ4v) is 5.21. The van der Waals surface area contributed by atoms with Crippen molar-refractivity contribution in [3.05, 3.63) is 29.3 Å². The number of likely N-dealkylation sites (N-methyl/N-ethyl adjacent to an activating group) is 1. The van der Waals surface area contributed by atoms with Gasteiger partial charge in [-0.15, -0.1) is 0 Å². The van der Waals surface area contributed by atoms with Crippen LogP contribution in [0.2, 0.25) is 0 Å². The van der Waals surface area contributed by atoms with Crippen LogP contribution >= 0.6 is 0 Å². The van der Waals surface area contributed by atoms with Crippen LogP contribution in [0.25, 0.3) is 0 Å². The van der Waals surface area contributed by atoms with Gasteiger partial charge >= 0.3 is 0 Å². The number of carbonyl (C=O) groups excluding carboxylic acids is 2. The zero-order chi connectivity index (χ0) is 20.4. The Kier molecular flexibility index (Phi) is 6.20. The van der Waals surface area contributed by atoms with Crippen molar-refractivity contribution >= 4 is 17.5 Å². The molecule has 2 N–H and O–H groups in total. The number of aliphatic hydroxyl groups excluding tert-OH is 1. The molecular weight excluding hydrogens is 366 g/mol. The number of amides is 2. The van der Waals surface area contributed by atoms with Crippen LogP contribution in [0.15, 0.2) is 18.2 Å². The molecule has 1 saturated carbocycles. The molecule has 1 saturated heterocycles. The van der Waals surface area contributed by atoms with E-state index in [0.29, 0.717) is 18.8 Å². The molecular formula is C23H33N3O3. The van der Waals surface area contributed by atoms with Crippen LogP contribution in [-0.4, -0.2) is 65.5 Å². The number of benzene rings is 1. The molecule has 0 bridgehead atoms. The topological polar surface area (TPSA) is 72.9 Å². The van der Waals surface area contributed by atoms with Gasteiger partial charge in [-0.25, -0.2) is 0 Å². The molecule has 1 aliphatic carbocycles. The van der Waals surface area contributed by atoms with Crippen LogP contribution in [0.1, 0.15) is 49.7 Å². The number of hydrogen-bond acceptors (Lipinski definition) is 4. The molecule has 2 fully saturated rings. The predicted octanol–water partition coefficient (Wildman–Crippen LogP) is 2.20. The summed E-state index contributed by atoms with van der Waals surface area (Å²) in [6.07, 6.45) is 7.53. The Bertz CT molecular complexity index is 760. The highest BCUT2D eigenvalue weighted by molar-refractivity contribution is 5.99. The van der Waals surface area contributed by atoms with Crippen molar-refractivity contribution in [2.45, 2.75) is 63.5 Å². The van der Waals surface area contributed by atoms with Gasteiger partial charge in [0.2, 0.25) is 11.8 Å². The second kappa shape index (κ2) is 8.84. The normalized spacial score (nSPS) is 23.7. The van der Waals surface area contributed by atoms with Crippen LogP contribution in [-0.2, 0) is 22.4 Å². The summed E-state index contributed by atoms with van der Waals surface area (Å²) in [7, 11) is 1.95. The number of nitrogens with one attached hydrogen (secondary N) is 1. The predicted molar refractivity (Wildman–Crippen MR) is 113 cm³/mol. The van der Waals surface area contributed by atoms with Crippen molar-refractivity contribution in [3.63, 3.8) is 0 Å². The highest BCUT2D eigenvalue weighted by Crippen LogP contribution is 2.30. The van der Waals surface area contributed by atoms with Crippen molar-refractivity contribution in [1.29, 1.82) is 0 Å². The lowest BCUT2D eigenvalue weighted by atomic mass is 9.83. The standard InChI is InChI=1S/C23H33N3O3/c1-25(23(29)12-16-7-8-18-13-22(28)24-20(18)11-16)21(17-5-3-2-4-6-17)15-26-10-9-19(27)14-26/h7-8,11,17,19,21,27H,2-6,9-10,12-15H2,1H3,(H,24,28)/t19-,21?/m0/s1. The number of nitrogens with zero attached hydrogens (tertiary/aromatic N) is 2. The van der Waals surface area contributed by atoms with Gasteiger partial charge in [0.05, 0.1) is 18.9 Å². The maximum absolute atomic E-state index is 13.2. The number of anilines is 1. The molecule has 1 unspecified atom stereocenters. The van der Waals surface area contributed by atoms with Crippen molar-refractivity contribution < 1.29 is 14.7 Å². The highest BCUT2D eigenvalue weighted by Gasteiger charge is 2.33. The molecule has 2 atom stereocenters. The molecule has 4 rings (SSSR count). The molecule has 6 nitrogen and oxygen atoms in total. The minimum Gasteiger partial charge on any atom is -0.392 e. The maximum Gasteiger partial charge on any atom is 0.228 e. The number of fused-ring (bicyclic) bond motifs is 1. The van der Waals surface area contributed by atoms with E-state index >= 15 is 0 Å². The van der Waals surface area contributed by atoms with Gasteiger partial charge in [-0.1, -0.05) is 31.4 Å². The lowest BCUT2D eigenvalue weighted by molar-refractivity contribution is -0.133. The van der Waals surface area contributed by atoms with E-state index in [1.165, 1.54) is 32.1 Å². The summed E-state index contributed by atoms with van der Waals surface area (Å²) in [5, 5.41) is 12.8. The molecule has 1 aromatic rings. The van der Waals surface area contributed by atoms with E-state index < -0.39 is 0 Å². The molecule has 3 aliphatic rings. The molecule has 0 spiro atoms. The molecule has 158 valence electrons. The van der Waals surface area contributed by atoms with E-state index in [1.807, 2.05) is 30.1 Å². The van der Waals surface area contributed by atoms with E-state index in [-0.39, 0.29) is 24.0 Å². The smallest absolute Gasteiger partial charge is 0.228 e. The lowest BCUT2D eigenvalue weighted by Crippen LogP contribution is -2.49. The van der Waals surface area contributed by atoms with E-state index in [1.54, 1.807) is 0 Å². The van der Waals surface area contributed by atoms with E-state index in [4.69, 9.17) is 0 Å². The van der Waals surface area contributed by atoms with Crippen LogP contribution in [0.3, 0.4) is 0 Å². The Labute approximate surface area is 173 Å². The number of rotatable bonds is 6. The monoisotopic (exact) mass is 399 g/mol. The van der Waals surface area contributed by atoms with Gasteiger partial charge in [-0.05, 0) is 42.4 Å². The average Bonchev–Trinajstić information content (AvgIpc) is 3.30. The summed E-state index contributed by atoms with van der Waals surface area (Å²) < 4.78 is 0. The number of likely N-dealkylation sites (tertiary alicyclic amines) is 1. The van der Waals surface area contributed by atoms with Crippen LogP contribution in [0, 0.1) is 5.92 Å². The molecule has 2 aliphatic heterocycles. The van der Waals surface area contributed by atoms with E-state index in [9.17, 15) is 14.7 Å². The Morgan fingerprint density at radius 2 is 2.07 bits per heavy atom. The number of carbonyl (C=O) groups is 2. The minimum absolute atomic E-state index is 0.0192. The first kappa shape index (κ1) is 20.4. The molecule has 29 heavy (non-hydrogen) atoms. The Morgan fingerprint density at radius 1 is 1.28 bits per heavy atom. The van der Waals surface area contributed by atoms with Crippen molar-refractivity contribution in [2.75, 3.05) is 32.0 Å². The second-order valence-electron chi connectivity index (χ2n) is 9.07. The fraction of sp³-hybridized carbons (Fsp3) is 0.652. The zero-order valence-corrected chi connectivity index (χ0v) is 17.4. The van der Waals surface area contributed by atoms with Crippen molar-refractivity contribution in [2.24, 2.45) is 5.92 Å². The quantitative estimate of drug-likeness (QED) is 0.769. The maximum atomic E-state index is 13.2. The molecule has 0 radical (unpaired) electrons. The van der Waals surface area contributed by atoms with E-state index in [2.05, 4.69) is 10.2 Å². The van der Waals surface area contributed by atoms with Gasteiger partial charge in [0, 0.05) is 38.4 Å². The van der Waals surface area contributed by atoms with Crippen molar-refractivity contribution in [3.8, 4) is 0 Å². The van der Waals surface area contributed by atoms with Gasteiger partial charge < -0.3 is 15.3 Å². The Hall–Kier alpha value is -1.92. The van der Waals surface area contributed by atoms with Gasteiger partial charge in [0.1, 0.15) is 0 Å².